The quantitative estimate of drug-likeness (QED) is 0.557. The van der Waals surface area contributed by atoms with Crippen molar-refractivity contribution in [2.24, 2.45) is 7.05 Å². The van der Waals surface area contributed by atoms with E-state index in [1.54, 1.807) is 31.3 Å². The normalized spacial score (nSPS) is 11.1. The summed E-state index contributed by atoms with van der Waals surface area (Å²) in [6.45, 7) is 0. The number of aromatic hydroxyl groups is 1. The average molecular weight is 398 g/mol. The van der Waals surface area contributed by atoms with Gasteiger partial charge in [-0.3, -0.25) is 4.79 Å². The molecule has 0 spiro atoms. The molecule has 0 fully saturated rings. The van der Waals surface area contributed by atoms with Crippen LogP contribution in [0.2, 0.25) is 0 Å². The highest BCUT2D eigenvalue weighted by atomic mass is 79.9. The van der Waals surface area contributed by atoms with Gasteiger partial charge in [-0.05, 0) is 24.3 Å². The summed E-state index contributed by atoms with van der Waals surface area (Å²) in [6.07, 6.45) is 0. The first-order valence-corrected chi connectivity index (χ1v) is 8.26. The minimum atomic E-state index is -0.402. The van der Waals surface area contributed by atoms with Gasteiger partial charge in [0, 0.05) is 22.5 Å². The van der Waals surface area contributed by atoms with Crippen molar-refractivity contribution < 1.29 is 9.63 Å². The Bertz CT molecular complexity index is 1160. The fraction of sp³-hybridized carbons (Fsp3) is 0.0556. The number of benzene rings is 2. The average Bonchev–Trinajstić information content (AvgIpc) is 3.10. The molecule has 4 rings (SSSR count). The second kappa shape index (κ2) is 5.86. The lowest BCUT2D eigenvalue weighted by atomic mass is 10.1. The fourth-order valence-corrected chi connectivity index (χ4v) is 3.14. The number of para-hydroxylation sites is 1. The first-order chi connectivity index (χ1) is 12.1. The number of fused-ring (bicyclic) bond motifs is 1. The number of aromatic nitrogens is 3. The number of halogens is 1. The molecule has 0 radical (unpaired) electrons. The first-order valence-electron chi connectivity index (χ1n) is 7.47. The van der Waals surface area contributed by atoms with Gasteiger partial charge < -0.3 is 14.2 Å². The molecule has 4 aromatic rings. The number of nitrogens with zero attached hydrogens (tertiary/aromatic N) is 3. The molecule has 0 atom stereocenters. The van der Waals surface area contributed by atoms with Crippen LogP contribution in [0.1, 0.15) is 0 Å². The predicted octanol–water partition coefficient (Wildman–Crippen LogP) is 3.72. The molecule has 0 aliphatic rings. The first kappa shape index (κ1) is 15.6. The van der Waals surface area contributed by atoms with Crippen molar-refractivity contribution in [2.75, 3.05) is 0 Å². The number of hydrogen-bond acceptors (Lipinski definition) is 5. The van der Waals surface area contributed by atoms with Crippen molar-refractivity contribution in [3.63, 3.8) is 0 Å². The van der Waals surface area contributed by atoms with Crippen molar-refractivity contribution in [3.8, 4) is 28.6 Å². The molecule has 25 heavy (non-hydrogen) atoms. The van der Waals surface area contributed by atoms with Gasteiger partial charge in [0.2, 0.25) is 5.82 Å². The summed E-state index contributed by atoms with van der Waals surface area (Å²) in [4.78, 5) is 17.0. The van der Waals surface area contributed by atoms with E-state index < -0.39 is 5.56 Å². The highest BCUT2D eigenvalue weighted by Gasteiger charge is 2.22. The van der Waals surface area contributed by atoms with Crippen molar-refractivity contribution in [3.05, 3.63) is 63.4 Å². The minimum absolute atomic E-state index is 0.00468. The molecule has 0 unspecified atom stereocenters. The predicted molar refractivity (Wildman–Crippen MR) is 97.3 cm³/mol. The Hall–Kier alpha value is -2.93. The van der Waals surface area contributed by atoms with Crippen LogP contribution in [-0.4, -0.2) is 19.8 Å². The topological polar surface area (TPSA) is 81.2 Å². The molecular weight excluding hydrogens is 386 g/mol. The molecule has 0 saturated carbocycles. The maximum atomic E-state index is 12.7. The zero-order valence-corrected chi connectivity index (χ0v) is 14.7. The summed E-state index contributed by atoms with van der Waals surface area (Å²) >= 11 is 3.39. The highest BCUT2D eigenvalue weighted by molar-refractivity contribution is 9.10. The van der Waals surface area contributed by atoms with E-state index in [9.17, 15) is 9.90 Å². The van der Waals surface area contributed by atoms with Gasteiger partial charge in [0.15, 0.2) is 0 Å². The van der Waals surface area contributed by atoms with Crippen molar-refractivity contribution in [1.82, 2.24) is 14.7 Å². The molecule has 0 bridgehead atoms. The van der Waals surface area contributed by atoms with E-state index in [2.05, 4.69) is 26.1 Å². The van der Waals surface area contributed by atoms with E-state index in [4.69, 9.17) is 4.52 Å². The zero-order valence-electron chi connectivity index (χ0n) is 13.1. The van der Waals surface area contributed by atoms with E-state index in [0.717, 1.165) is 10.0 Å². The van der Waals surface area contributed by atoms with Gasteiger partial charge in [0.1, 0.15) is 11.3 Å². The summed E-state index contributed by atoms with van der Waals surface area (Å²) in [5, 5.41) is 15.1. The number of rotatable bonds is 2. The molecule has 7 heteroatoms. The summed E-state index contributed by atoms with van der Waals surface area (Å²) < 4.78 is 7.59. The molecule has 0 saturated heterocycles. The van der Waals surface area contributed by atoms with Crippen molar-refractivity contribution in [1.29, 1.82) is 0 Å². The molecule has 0 amide bonds. The van der Waals surface area contributed by atoms with Crippen LogP contribution in [0.4, 0.5) is 0 Å². The third-order valence-corrected chi connectivity index (χ3v) is 4.49. The van der Waals surface area contributed by atoms with Gasteiger partial charge in [0.25, 0.3) is 11.4 Å². The van der Waals surface area contributed by atoms with Crippen LogP contribution in [0.5, 0.6) is 5.75 Å². The molecule has 2 heterocycles. The van der Waals surface area contributed by atoms with Crippen LogP contribution in [0.3, 0.4) is 0 Å². The molecule has 0 aliphatic carbocycles. The van der Waals surface area contributed by atoms with Gasteiger partial charge in [-0.2, -0.15) is 4.98 Å². The maximum absolute atomic E-state index is 12.7. The lowest BCUT2D eigenvalue weighted by molar-refractivity contribution is 0.425. The summed E-state index contributed by atoms with van der Waals surface area (Å²) in [7, 11) is 1.64. The van der Waals surface area contributed by atoms with E-state index in [1.165, 1.54) is 4.57 Å². The molecule has 6 nitrogen and oxygen atoms in total. The lowest BCUT2D eigenvalue weighted by Crippen LogP contribution is -2.19. The summed E-state index contributed by atoms with van der Waals surface area (Å²) in [5.41, 5.74) is 0.956. The largest absolute Gasteiger partial charge is 0.506 e. The van der Waals surface area contributed by atoms with Crippen LogP contribution < -0.4 is 5.56 Å². The van der Waals surface area contributed by atoms with Crippen LogP contribution in [-0.2, 0) is 7.05 Å². The van der Waals surface area contributed by atoms with Crippen LogP contribution >= 0.6 is 15.9 Å². The minimum Gasteiger partial charge on any atom is -0.506 e. The Morgan fingerprint density at radius 2 is 1.96 bits per heavy atom. The standard InChI is InChI=1S/C18H12BrN3O3/c1-22-13-8-3-2-7-12(13)15(23)14(18(22)24)17-20-16(21-25-17)10-5-4-6-11(19)9-10/h2-9,23H,1H3. The van der Waals surface area contributed by atoms with E-state index >= 15 is 0 Å². The van der Waals surface area contributed by atoms with Crippen LogP contribution in [0.25, 0.3) is 33.7 Å². The molecule has 1 N–H and O–H groups in total. The van der Waals surface area contributed by atoms with E-state index in [1.807, 2.05) is 24.3 Å². The summed E-state index contributed by atoms with van der Waals surface area (Å²) in [6, 6.07) is 14.5. The van der Waals surface area contributed by atoms with Gasteiger partial charge in [0.05, 0.1) is 5.52 Å². The van der Waals surface area contributed by atoms with Gasteiger partial charge in [-0.25, -0.2) is 0 Å². The van der Waals surface area contributed by atoms with Crippen LogP contribution in [0, 0.1) is 0 Å². The second-order valence-corrected chi connectivity index (χ2v) is 6.45. The number of hydrogen-bond donors (Lipinski definition) is 1. The molecule has 0 aliphatic heterocycles. The monoisotopic (exact) mass is 397 g/mol. The SMILES string of the molecule is Cn1c(=O)c(-c2nc(-c3cccc(Br)c3)no2)c(O)c2ccccc21. The lowest BCUT2D eigenvalue weighted by Gasteiger charge is -2.09. The van der Waals surface area contributed by atoms with Crippen molar-refractivity contribution >= 4 is 26.8 Å². The Kier molecular flexibility index (Phi) is 3.65. The zero-order chi connectivity index (χ0) is 17.6. The molecule has 2 aromatic carbocycles. The third-order valence-electron chi connectivity index (χ3n) is 4.00. The Labute approximate surface area is 150 Å². The van der Waals surface area contributed by atoms with Crippen LogP contribution in [0.15, 0.2) is 62.3 Å². The number of aryl methyl sites for hydroxylation is 1. The van der Waals surface area contributed by atoms with Gasteiger partial charge in [-0.1, -0.05) is 45.4 Å². The van der Waals surface area contributed by atoms with Gasteiger partial charge >= 0.3 is 0 Å². The fourth-order valence-electron chi connectivity index (χ4n) is 2.74. The number of pyridine rings is 1. The van der Waals surface area contributed by atoms with Crippen molar-refractivity contribution in [2.45, 2.75) is 0 Å². The Balaban J connectivity index is 1.93. The third kappa shape index (κ3) is 2.53. The van der Waals surface area contributed by atoms with Gasteiger partial charge in [-0.15, -0.1) is 0 Å². The smallest absolute Gasteiger partial charge is 0.267 e. The summed E-state index contributed by atoms with van der Waals surface area (Å²) in [5.74, 6) is 0.160. The highest BCUT2D eigenvalue weighted by Crippen LogP contribution is 2.32. The van der Waals surface area contributed by atoms with E-state index in [0.29, 0.717) is 16.7 Å². The van der Waals surface area contributed by atoms with E-state index in [-0.39, 0.29) is 17.2 Å². The second-order valence-electron chi connectivity index (χ2n) is 5.54. The Morgan fingerprint density at radius 1 is 1.16 bits per heavy atom. The molecule has 2 aromatic heterocycles. The maximum Gasteiger partial charge on any atom is 0.267 e. The Morgan fingerprint density at radius 3 is 2.76 bits per heavy atom. The molecule has 124 valence electrons. The molecular formula is C18H12BrN3O3.